The van der Waals surface area contributed by atoms with Gasteiger partial charge in [-0.15, -0.1) is 0 Å². The molecule has 0 bridgehead atoms. The molecule has 1 saturated heterocycles. The van der Waals surface area contributed by atoms with Crippen LogP contribution in [0.15, 0.2) is 0 Å². The van der Waals surface area contributed by atoms with Crippen LogP contribution in [0, 0.1) is 0 Å². The van der Waals surface area contributed by atoms with E-state index >= 15 is 0 Å². The van der Waals surface area contributed by atoms with Crippen LogP contribution in [0.4, 0.5) is 0 Å². The van der Waals surface area contributed by atoms with Crippen molar-refractivity contribution in [1.29, 1.82) is 0 Å². The van der Waals surface area contributed by atoms with E-state index in [0.717, 1.165) is 26.2 Å². The van der Waals surface area contributed by atoms with Crippen molar-refractivity contribution in [2.24, 2.45) is 0 Å². The third-order valence-electron chi connectivity index (χ3n) is 4.20. The minimum absolute atomic E-state index is 0.0262. The van der Waals surface area contributed by atoms with E-state index in [4.69, 9.17) is 0 Å². The number of unbranched alkanes of at least 4 members (excludes halogenated alkanes) is 7. The molecule has 1 aliphatic rings. The molecular weight excluding hydrogens is 250 g/mol. The maximum absolute atomic E-state index is 11.8. The van der Waals surface area contributed by atoms with Gasteiger partial charge in [-0.2, -0.15) is 0 Å². The average Bonchev–Trinajstić information content (AvgIpc) is 2.49. The van der Waals surface area contributed by atoms with Crippen molar-refractivity contribution in [2.75, 3.05) is 33.2 Å². The quantitative estimate of drug-likeness (QED) is 0.604. The highest BCUT2D eigenvalue weighted by Crippen LogP contribution is 2.10. The topological polar surface area (TPSA) is 44.4 Å². The second-order valence-corrected chi connectivity index (χ2v) is 5.85. The van der Waals surface area contributed by atoms with E-state index in [1.807, 2.05) is 0 Å². The first-order valence-electron chi connectivity index (χ1n) is 8.46. The normalized spacial score (nSPS) is 20.0. The summed E-state index contributed by atoms with van der Waals surface area (Å²) in [6.07, 6.45) is 10.7. The van der Waals surface area contributed by atoms with Crippen LogP contribution in [0.25, 0.3) is 0 Å². The van der Waals surface area contributed by atoms with Gasteiger partial charge in [-0.25, -0.2) is 0 Å². The molecule has 20 heavy (non-hydrogen) atoms. The fraction of sp³-hybridized carbons (Fsp3) is 0.938. The Morgan fingerprint density at radius 3 is 2.45 bits per heavy atom. The van der Waals surface area contributed by atoms with E-state index in [2.05, 4.69) is 22.5 Å². The van der Waals surface area contributed by atoms with Gasteiger partial charge in [-0.05, 0) is 13.0 Å². The van der Waals surface area contributed by atoms with Gasteiger partial charge in [0.25, 0.3) is 0 Å². The highest BCUT2D eigenvalue weighted by Gasteiger charge is 2.26. The van der Waals surface area contributed by atoms with Crippen molar-refractivity contribution < 1.29 is 4.79 Å². The number of hydrogen-bond donors (Lipinski definition) is 2. The molecule has 1 heterocycles. The molecule has 2 N–H and O–H groups in total. The molecule has 1 aliphatic heterocycles. The van der Waals surface area contributed by atoms with Gasteiger partial charge >= 0.3 is 0 Å². The van der Waals surface area contributed by atoms with E-state index in [0.29, 0.717) is 0 Å². The van der Waals surface area contributed by atoms with Crippen LogP contribution in [-0.2, 0) is 4.79 Å². The zero-order valence-electron chi connectivity index (χ0n) is 13.4. The number of nitrogens with one attached hydrogen (secondary N) is 2. The number of hydrogen-bond acceptors (Lipinski definition) is 3. The van der Waals surface area contributed by atoms with Crippen molar-refractivity contribution in [3.05, 3.63) is 0 Å². The lowest BCUT2D eigenvalue weighted by Gasteiger charge is -2.34. The summed E-state index contributed by atoms with van der Waals surface area (Å²) in [4.78, 5) is 14.2. The monoisotopic (exact) mass is 283 g/mol. The highest BCUT2D eigenvalue weighted by atomic mass is 16.2. The van der Waals surface area contributed by atoms with Crippen LogP contribution in [0.3, 0.4) is 0 Å². The average molecular weight is 283 g/mol. The van der Waals surface area contributed by atoms with Gasteiger partial charge in [0.1, 0.15) is 6.04 Å². The molecule has 4 nitrogen and oxygen atoms in total. The minimum atomic E-state index is 0.0262. The minimum Gasteiger partial charge on any atom is -0.358 e. The Bertz CT molecular complexity index is 258. The van der Waals surface area contributed by atoms with E-state index in [1.54, 1.807) is 7.05 Å². The van der Waals surface area contributed by atoms with Crippen molar-refractivity contribution in [2.45, 2.75) is 64.3 Å². The van der Waals surface area contributed by atoms with Crippen LogP contribution in [-0.4, -0.2) is 50.1 Å². The van der Waals surface area contributed by atoms with Gasteiger partial charge in [0.2, 0.25) is 5.91 Å². The standard InChI is InChI=1S/C16H33N3O/c1-3-4-5-6-7-8-9-10-12-19-13-11-18-14-15(19)16(20)17-2/h15,18H,3-14H2,1-2H3,(H,17,20). The van der Waals surface area contributed by atoms with Gasteiger partial charge in [-0.1, -0.05) is 51.9 Å². The number of amides is 1. The van der Waals surface area contributed by atoms with E-state index in [9.17, 15) is 4.79 Å². The van der Waals surface area contributed by atoms with Crippen LogP contribution < -0.4 is 10.6 Å². The van der Waals surface area contributed by atoms with E-state index < -0.39 is 0 Å². The summed E-state index contributed by atoms with van der Waals surface area (Å²) >= 11 is 0. The maximum atomic E-state index is 11.8. The number of piperazine rings is 1. The molecule has 0 saturated carbocycles. The molecular formula is C16H33N3O. The molecule has 0 aromatic heterocycles. The first kappa shape index (κ1) is 17.4. The summed E-state index contributed by atoms with van der Waals surface area (Å²) in [5.41, 5.74) is 0. The van der Waals surface area contributed by atoms with Gasteiger partial charge in [0, 0.05) is 26.7 Å². The van der Waals surface area contributed by atoms with E-state index in [1.165, 1.54) is 51.4 Å². The number of carbonyl (C=O) groups is 1. The zero-order valence-corrected chi connectivity index (χ0v) is 13.4. The number of likely N-dealkylation sites (N-methyl/N-ethyl adjacent to an activating group) is 1. The number of nitrogens with zero attached hydrogens (tertiary/aromatic N) is 1. The third kappa shape index (κ3) is 6.71. The molecule has 1 fully saturated rings. The van der Waals surface area contributed by atoms with Crippen LogP contribution in [0.5, 0.6) is 0 Å². The Labute approximate surface area is 124 Å². The molecule has 4 heteroatoms. The number of rotatable bonds is 10. The van der Waals surface area contributed by atoms with Gasteiger partial charge in [0.15, 0.2) is 0 Å². The fourth-order valence-corrected chi connectivity index (χ4v) is 2.89. The Morgan fingerprint density at radius 1 is 1.15 bits per heavy atom. The van der Waals surface area contributed by atoms with Crippen molar-refractivity contribution in [3.63, 3.8) is 0 Å². The molecule has 1 atom stereocenters. The Hall–Kier alpha value is -0.610. The molecule has 0 aromatic rings. The highest BCUT2D eigenvalue weighted by molar-refractivity contribution is 5.81. The predicted molar refractivity (Wildman–Crippen MR) is 84.9 cm³/mol. The zero-order chi connectivity index (χ0) is 14.6. The molecule has 1 amide bonds. The lowest BCUT2D eigenvalue weighted by molar-refractivity contribution is -0.126. The third-order valence-corrected chi connectivity index (χ3v) is 4.20. The summed E-state index contributed by atoms with van der Waals surface area (Å²) in [6, 6.07) is 0.0262. The number of carbonyl (C=O) groups excluding carboxylic acids is 1. The second kappa shape index (κ2) is 11.1. The molecule has 1 rings (SSSR count). The first-order chi connectivity index (χ1) is 9.79. The first-order valence-corrected chi connectivity index (χ1v) is 8.46. The van der Waals surface area contributed by atoms with E-state index in [-0.39, 0.29) is 11.9 Å². The van der Waals surface area contributed by atoms with Crippen molar-refractivity contribution in [1.82, 2.24) is 15.5 Å². The maximum Gasteiger partial charge on any atom is 0.238 e. The van der Waals surface area contributed by atoms with Gasteiger partial charge in [0.05, 0.1) is 0 Å². The molecule has 118 valence electrons. The SMILES string of the molecule is CCCCCCCCCCN1CCNCC1C(=O)NC. The van der Waals surface area contributed by atoms with Crippen LogP contribution in [0.1, 0.15) is 58.3 Å². The summed E-state index contributed by atoms with van der Waals surface area (Å²) < 4.78 is 0. The van der Waals surface area contributed by atoms with Gasteiger partial charge in [-0.3, -0.25) is 9.69 Å². The predicted octanol–water partition coefficient (Wildman–Crippen LogP) is 2.15. The molecule has 0 aliphatic carbocycles. The summed E-state index contributed by atoms with van der Waals surface area (Å²) in [6.45, 7) is 6.11. The fourth-order valence-electron chi connectivity index (χ4n) is 2.89. The Kier molecular flexibility index (Phi) is 9.67. The molecule has 0 spiro atoms. The van der Waals surface area contributed by atoms with Crippen LogP contribution >= 0.6 is 0 Å². The Morgan fingerprint density at radius 2 is 1.80 bits per heavy atom. The van der Waals surface area contributed by atoms with Gasteiger partial charge < -0.3 is 10.6 Å². The van der Waals surface area contributed by atoms with Crippen molar-refractivity contribution in [3.8, 4) is 0 Å². The summed E-state index contributed by atoms with van der Waals surface area (Å²) in [7, 11) is 1.73. The molecule has 1 unspecified atom stereocenters. The van der Waals surface area contributed by atoms with Crippen LogP contribution in [0.2, 0.25) is 0 Å². The Balaban J connectivity index is 2.08. The second-order valence-electron chi connectivity index (χ2n) is 5.85. The van der Waals surface area contributed by atoms with Crippen molar-refractivity contribution >= 4 is 5.91 Å². The summed E-state index contributed by atoms with van der Waals surface area (Å²) in [5, 5.41) is 6.08. The smallest absolute Gasteiger partial charge is 0.238 e. The summed E-state index contributed by atoms with van der Waals surface area (Å²) in [5.74, 6) is 0.150. The molecule has 0 aromatic carbocycles. The molecule has 0 radical (unpaired) electrons. The largest absolute Gasteiger partial charge is 0.358 e. The lowest BCUT2D eigenvalue weighted by atomic mass is 10.1. The lowest BCUT2D eigenvalue weighted by Crippen LogP contribution is -2.57.